The lowest BCUT2D eigenvalue weighted by molar-refractivity contribution is -0.127. The third-order valence-electron chi connectivity index (χ3n) is 2.42. The van der Waals surface area contributed by atoms with E-state index in [0.717, 1.165) is 19.5 Å². The van der Waals surface area contributed by atoms with E-state index in [1.165, 1.54) is 0 Å². The average molecular weight is 180 g/mol. The number of aromatic nitrogens is 3. The van der Waals surface area contributed by atoms with Crippen molar-refractivity contribution in [1.29, 1.82) is 0 Å². The second kappa shape index (κ2) is 3.16. The summed E-state index contributed by atoms with van der Waals surface area (Å²) in [6.07, 6.45) is 4.48. The van der Waals surface area contributed by atoms with E-state index in [1.807, 2.05) is 15.8 Å². The predicted octanol–water partition coefficient (Wildman–Crippen LogP) is 0.0714. The van der Waals surface area contributed by atoms with Gasteiger partial charge in [-0.25, -0.2) is 4.68 Å². The minimum absolute atomic E-state index is 0.141. The van der Waals surface area contributed by atoms with Crippen molar-refractivity contribution in [3.05, 3.63) is 12.4 Å². The highest BCUT2D eigenvalue weighted by Crippen LogP contribution is 2.19. The summed E-state index contributed by atoms with van der Waals surface area (Å²) in [6, 6.07) is 0.311. The predicted molar refractivity (Wildman–Crippen MR) is 45.9 cm³/mol. The van der Waals surface area contributed by atoms with Gasteiger partial charge < -0.3 is 4.90 Å². The van der Waals surface area contributed by atoms with Crippen molar-refractivity contribution in [2.45, 2.75) is 19.4 Å². The zero-order chi connectivity index (χ0) is 9.26. The molecule has 0 radical (unpaired) electrons. The maximum absolute atomic E-state index is 11.0. The first-order valence-corrected chi connectivity index (χ1v) is 4.38. The van der Waals surface area contributed by atoms with Gasteiger partial charge in [-0.3, -0.25) is 4.79 Å². The molecule has 0 spiro atoms. The van der Waals surface area contributed by atoms with Gasteiger partial charge in [0.05, 0.1) is 12.2 Å². The maximum atomic E-state index is 11.0. The molecule has 0 saturated carbocycles. The SMILES string of the molecule is CC(=O)N1CCC(n2ccnn2)C1. The molecule has 5 nitrogen and oxygen atoms in total. The molecule has 5 heteroatoms. The van der Waals surface area contributed by atoms with Crippen molar-refractivity contribution in [2.75, 3.05) is 13.1 Å². The number of carbonyl (C=O) groups is 1. The largest absolute Gasteiger partial charge is 0.341 e. The van der Waals surface area contributed by atoms with E-state index in [2.05, 4.69) is 10.3 Å². The second-order valence-electron chi connectivity index (χ2n) is 3.29. The number of likely N-dealkylation sites (tertiary alicyclic amines) is 1. The van der Waals surface area contributed by atoms with Crippen LogP contribution >= 0.6 is 0 Å². The van der Waals surface area contributed by atoms with Crippen LogP contribution in [-0.4, -0.2) is 38.9 Å². The maximum Gasteiger partial charge on any atom is 0.219 e. The molecular formula is C8H12N4O. The minimum atomic E-state index is 0.141. The molecule has 70 valence electrons. The van der Waals surface area contributed by atoms with E-state index in [1.54, 1.807) is 13.1 Å². The van der Waals surface area contributed by atoms with Crippen molar-refractivity contribution in [3.8, 4) is 0 Å². The Labute approximate surface area is 76.3 Å². The summed E-state index contributed by atoms with van der Waals surface area (Å²) < 4.78 is 1.82. The number of hydrogen-bond donors (Lipinski definition) is 0. The van der Waals surface area contributed by atoms with Gasteiger partial charge in [0.1, 0.15) is 0 Å². The lowest BCUT2D eigenvalue weighted by Crippen LogP contribution is -2.26. The van der Waals surface area contributed by atoms with Crippen molar-refractivity contribution in [1.82, 2.24) is 19.9 Å². The topological polar surface area (TPSA) is 51.0 Å². The Kier molecular flexibility index (Phi) is 2.00. The van der Waals surface area contributed by atoms with Crippen molar-refractivity contribution in [3.63, 3.8) is 0 Å². The van der Waals surface area contributed by atoms with Gasteiger partial charge in [-0.1, -0.05) is 5.21 Å². The molecule has 0 bridgehead atoms. The Morgan fingerprint density at radius 2 is 2.46 bits per heavy atom. The Morgan fingerprint density at radius 3 is 3.00 bits per heavy atom. The molecule has 2 heterocycles. The molecule has 1 amide bonds. The fraction of sp³-hybridized carbons (Fsp3) is 0.625. The Balaban J connectivity index is 2.03. The van der Waals surface area contributed by atoms with Crippen LogP contribution < -0.4 is 0 Å². The summed E-state index contributed by atoms with van der Waals surface area (Å²) >= 11 is 0. The van der Waals surface area contributed by atoms with Crippen molar-refractivity contribution < 1.29 is 4.79 Å². The highest BCUT2D eigenvalue weighted by Gasteiger charge is 2.25. The molecule has 0 aliphatic carbocycles. The fourth-order valence-corrected chi connectivity index (χ4v) is 1.66. The van der Waals surface area contributed by atoms with Crippen LogP contribution in [0.4, 0.5) is 0 Å². The van der Waals surface area contributed by atoms with Gasteiger partial charge in [0.25, 0.3) is 0 Å². The van der Waals surface area contributed by atoms with E-state index < -0.39 is 0 Å². The summed E-state index contributed by atoms with van der Waals surface area (Å²) in [7, 11) is 0. The van der Waals surface area contributed by atoms with Gasteiger partial charge in [-0.05, 0) is 6.42 Å². The highest BCUT2D eigenvalue weighted by molar-refractivity contribution is 5.73. The third-order valence-corrected chi connectivity index (χ3v) is 2.42. The van der Waals surface area contributed by atoms with Crippen LogP contribution in [0.3, 0.4) is 0 Å². The normalized spacial score (nSPS) is 22.2. The van der Waals surface area contributed by atoms with E-state index in [0.29, 0.717) is 6.04 Å². The number of nitrogens with zero attached hydrogens (tertiary/aromatic N) is 4. The summed E-state index contributed by atoms with van der Waals surface area (Å²) in [5.41, 5.74) is 0. The second-order valence-corrected chi connectivity index (χ2v) is 3.29. The van der Waals surface area contributed by atoms with Gasteiger partial charge in [0.15, 0.2) is 0 Å². The molecule has 1 atom stereocenters. The molecule has 1 aliphatic rings. The third kappa shape index (κ3) is 1.54. The number of carbonyl (C=O) groups excluding carboxylic acids is 1. The zero-order valence-electron chi connectivity index (χ0n) is 7.55. The average Bonchev–Trinajstić information content (AvgIpc) is 2.75. The first-order chi connectivity index (χ1) is 6.27. The van der Waals surface area contributed by atoms with Crippen LogP contribution in [0.25, 0.3) is 0 Å². The fourth-order valence-electron chi connectivity index (χ4n) is 1.66. The quantitative estimate of drug-likeness (QED) is 0.614. The van der Waals surface area contributed by atoms with Crippen molar-refractivity contribution >= 4 is 5.91 Å². The van der Waals surface area contributed by atoms with E-state index in [4.69, 9.17) is 0 Å². The van der Waals surface area contributed by atoms with Crippen LogP contribution in [0.5, 0.6) is 0 Å². The Bertz CT molecular complexity index is 295. The smallest absolute Gasteiger partial charge is 0.219 e. The number of hydrogen-bond acceptors (Lipinski definition) is 3. The lowest BCUT2D eigenvalue weighted by Gasteiger charge is -2.13. The van der Waals surface area contributed by atoms with Gasteiger partial charge in [-0.2, -0.15) is 0 Å². The molecule has 1 aliphatic heterocycles. The zero-order valence-corrected chi connectivity index (χ0v) is 7.55. The number of amides is 1. The van der Waals surface area contributed by atoms with Gasteiger partial charge in [0.2, 0.25) is 5.91 Å². The number of rotatable bonds is 1. The van der Waals surface area contributed by atoms with E-state index in [-0.39, 0.29) is 5.91 Å². The van der Waals surface area contributed by atoms with Crippen LogP contribution in [0.15, 0.2) is 12.4 Å². The summed E-state index contributed by atoms with van der Waals surface area (Å²) in [4.78, 5) is 12.9. The van der Waals surface area contributed by atoms with Crippen LogP contribution in [0.2, 0.25) is 0 Å². The van der Waals surface area contributed by atoms with Crippen molar-refractivity contribution in [2.24, 2.45) is 0 Å². The first-order valence-electron chi connectivity index (χ1n) is 4.38. The first kappa shape index (κ1) is 8.22. The van der Waals surface area contributed by atoms with Gasteiger partial charge in [0, 0.05) is 26.2 Å². The molecule has 13 heavy (non-hydrogen) atoms. The molecular weight excluding hydrogens is 168 g/mol. The Hall–Kier alpha value is -1.39. The van der Waals surface area contributed by atoms with E-state index >= 15 is 0 Å². The minimum Gasteiger partial charge on any atom is -0.341 e. The molecule has 0 aromatic carbocycles. The van der Waals surface area contributed by atoms with Gasteiger partial charge >= 0.3 is 0 Å². The highest BCUT2D eigenvalue weighted by atomic mass is 16.2. The molecule has 1 fully saturated rings. The monoisotopic (exact) mass is 180 g/mol. The summed E-state index contributed by atoms with van der Waals surface area (Å²) in [5, 5.41) is 7.67. The standard InChI is InChI=1S/C8H12N4O/c1-7(13)11-4-2-8(6-11)12-5-3-9-10-12/h3,5,8H,2,4,6H2,1H3. The van der Waals surface area contributed by atoms with Gasteiger partial charge in [-0.15, -0.1) is 5.10 Å². The lowest BCUT2D eigenvalue weighted by atomic mass is 10.3. The summed E-state index contributed by atoms with van der Waals surface area (Å²) in [5.74, 6) is 0.141. The van der Waals surface area contributed by atoms with E-state index in [9.17, 15) is 4.79 Å². The molecule has 2 rings (SSSR count). The molecule has 1 aromatic rings. The molecule has 1 aromatic heterocycles. The van der Waals surface area contributed by atoms with Crippen LogP contribution in [0.1, 0.15) is 19.4 Å². The molecule has 0 N–H and O–H groups in total. The van der Waals surface area contributed by atoms with Crippen LogP contribution in [0, 0.1) is 0 Å². The summed E-state index contributed by atoms with van der Waals surface area (Å²) in [6.45, 7) is 3.20. The van der Waals surface area contributed by atoms with Crippen LogP contribution in [-0.2, 0) is 4.79 Å². The molecule has 1 saturated heterocycles. The molecule has 1 unspecified atom stereocenters. The Morgan fingerprint density at radius 1 is 1.62 bits per heavy atom.